The van der Waals surface area contributed by atoms with E-state index in [1.54, 1.807) is 24.3 Å². The van der Waals surface area contributed by atoms with Gasteiger partial charge in [0.15, 0.2) is 0 Å². The summed E-state index contributed by atoms with van der Waals surface area (Å²) < 4.78 is 5.04. The minimum Gasteiger partial charge on any atom is -0.422 e. The van der Waals surface area contributed by atoms with Gasteiger partial charge in [-0.3, -0.25) is 0 Å². The van der Waals surface area contributed by atoms with Crippen molar-refractivity contribution in [2.45, 2.75) is 0 Å². The molecule has 2 aromatic rings. The molecule has 1 aromatic heterocycles. The van der Waals surface area contributed by atoms with Gasteiger partial charge in [0.1, 0.15) is 5.58 Å². The van der Waals surface area contributed by atoms with Crippen LogP contribution < -0.4 is 11.5 Å². The van der Waals surface area contributed by atoms with E-state index in [1.807, 2.05) is 0 Å². The van der Waals surface area contributed by atoms with Gasteiger partial charge in [-0.15, -0.1) is 0 Å². The third-order valence-corrected chi connectivity index (χ3v) is 3.51. The molecular formula is C16H11ClN2O2. The van der Waals surface area contributed by atoms with Crippen molar-refractivity contribution >= 4 is 28.8 Å². The van der Waals surface area contributed by atoms with Gasteiger partial charge in [0.05, 0.1) is 16.8 Å². The molecule has 1 aromatic carbocycles. The highest BCUT2D eigenvalue weighted by Gasteiger charge is 2.10. The Bertz CT molecular complexity index is 883. The second kappa shape index (κ2) is 5.42. The third-order valence-electron chi connectivity index (χ3n) is 3.10. The summed E-state index contributed by atoms with van der Waals surface area (Å²) in [6.07, 6.45) is 1.18. The van der Waals surface area contributed by atoms with Crippen LogP contribution >= 0.6 is 11.6 Å². The van der Waals surface area contributed by atoms with Gasteiger partial charge in [-0.05, 0) is 29.3 Å². The summed E-state index contributed by atoms with van der Waals surface area (Å²) in [7, 11) is 0. The van der Waals surface area contributed by atoms with Crippen molar-refractivity contribution in [1.29, 1.82) is 0 Å². The first kappa shape index (κ1) is 13.4. The SMILES string of the molecule is NN=Cc1c(Cl)c2ccccc2oc1=O.c1cc2cc-2c1. The molecule has 0 saturated carbocycles. The van der Waals surface area contributed by atoms with Gasteiger partial charge in [-0.2, -0.15) is 5.10 Å². The van der Waals surface area contributed by atoms with E-state index in [4.69, 9.17) is 21.9 Å². The van der Waals surface area contributed by atoms with E-state index in [1.165, 1.54) is 17.3 Å². The monoisotopic (exact) mass is 298 g/mol. The molecule has 104 valence electrons. The molecule has 2 N–H and O–H groups in total. The Morgan fingerprint density at radius 3 is 2.38 bits per heavy atom. The summed E-state index contributed by atoms with van der Waals surface area (Å²) in [5.41, 5.74) is 2.91. The number of nitrogens with zero attached hydrogens (tertiary/aromatic N) is 1. The van der Waals surface area contributed by atoms with Gasteiger partial charge in [0.2, 0.25) is 0 Å². The number of hydrogen-bond donors (Lipinski definition) is 1. The van der Waals surface area contributed by atoms with Crippen molar-refractivity contribution in [3.63, 3.8) is 0 Å². The Morgan fingerprint density at radius 2 is 1.81 bits per heavy atom. The fraction of sp³-hybridized carbons (Fsp3) is 0. The van der Waals surface area contributed by atoms with E-state index >= 15 is 0 Å². The lowest BCUT2D eigenvalue weighted by Gasteiger charge is -2.00. The van der Waals surface area contributed by atoms with Gasteiger partial charge in [-0.1, -0.05) is 41.9 Å². The number of benzene rings is 2. The molecule has 4 nitrogen and oxygen atoms in total. The van der Waals surface area contributed by atoms with Crippen LogP contribution in [0.1, 0.15) is 5.56 Å². The molecule has 21 heavy (non-hydrogen) atoms. The highest BCUT2D eigenvalue weighted by atomic mass is 35.5. The highest BCUT2D eigenvalue weighted by molar-refractivity contribution is 6.37. The number of rotatable bonds is 1. The smallest absolute Gasteiger partial charge is 0.346 e. The number of para-hydroxylation sites is 1. The predicted molar refractivity (Wildman–Crippen MR) is 84.7 cm³/mol. The minimum absolute atomic E-state index is 0.165. The lowest BCUT2D eigenvalue weighted by Crippen LogP contribution is -2.08. The second-order valence-electron chi connectivity index (χ2n) is 4.47. The Balaban J connectivity index is 0.000000180. The number of fused-ring (bicyclic) bond motifs is 2. The predicted octanol–water partition coefficient (Wildman–Crippen LogP) is 3.41. The van der Waals surface area contributed by atoms with E-state index in [0.717, 1.165) is 0 Å². The summed E-state index contributed by atoms with van der Waals surface area (Å²) in [6, 6.07) is 15.5. The van der Waals surface area contributed by atoms with Gasteiger partial charge in [-0.25, -0.2) is 4.79 Å². The summed E-state index contributed by atoms with van der Waals surface area (Å²) >= 11 is 6.02. The molecule has 0 aliphatic heterocycles. The molecule has 0 radical (unpaired) electrons. The van der Waals surface area contributed by atoms with Crippen LogP contribution in [0, 0.1) is 0 Å². The van der Waals surface area contributed by atoms with Crippen molar-refractivity contribution in [3.8, 4) is 11.1 Å². The molecule has 0 bridgehead atoms. The van der Waals surface area contributed by atoms with Crippen molar-refractivity contribution in [2.75, 3.05) is 0 Å². The van der Waals surface area contributed by atoms with Crippen LogP contribution in [0.4, 0.5) is 0 Å². The molecule has 0 unspecified atom stereocenters. The Hall–Kier alpha value is -2.59. The molecule has 4 rings (SSSR count). The number of hydrazone groups is 1. The summed E-state index contributed by atoms with van der Waals surface area (Å²) in [4.78, 5) is 11.4. The van der Waals surface area contributed by atoms with E-state index < -0.39 is 5.63 Å². The fourth-order valence-corrected chi connectivity index (χ4v) is 2.27. The molecular weight excluding hydrogens is 288 g/mol. The Morgan fingerprint density at radius 1 is 1.10 bits per heavy atom. The largest absolute Gasteiger partial charge is 0.422 e. The molecule has 0 atom stereocenters. The quantitative estimate of drug-likeness (QED) is 0.253. The van der Waals surface area contributed by atoms with Crippen molar-refractivity contribution in [3.05, 3.63) is 69.5 Å². The molecule has 0 fully saturated rings. The van der Waals surface area contributed by atoms with Crippen molar-refractivity contribution < 1.29 is 4.42 Å². The van der Waals surface area contributed by atoms with Crippen LogP contribution in [-0.4, -0.2) is 6.21 Å². The summed E-state index contributed by atoms with van der Waals surface area (Å²) in [5.74, 6) is 4.97. The van der Waals surface area contributed by atoms with Gasteiger partial charge < -0.3 is 10.3 Å². The average Bonchev–Trinajstić information content (AvgIpc) is 3.10. The number of halogens is 1. The lowest BCUT2D eigenvalue weighted by molar-refractivity contribution is 0.560. The maximum atomic E-state index is 11.4. The van der Waals surface area contributed by atoms with E-state index in [9.17, 15) is 4.79 Å². The lowest BCUT2D eigenvalue weighted by atomic mass is 10.2. The summed E-state index contributed by atoms with van der Waals surface area (Å²) in [5, 5.41) is 4.23. The van der Waals surface area contributed by atoms with E-state index in [2.05, 4.69) is 29.4 Å². The summed E-state index contributed by atoms with van der Waals surface area (Å²) in [6.45, 7) is 0. The van der Waals surface area contributed by atoms with Crippen LogP contribution in [0.5, 0.6) is 0 Å². The van der Waals surface area contributed by atoms with Crippen LogP contribution in [0.2, 0.25) is 5.02 Å². The Labute approximate surface area is 125 Å². The van der Waals surface area contributed by atoms with Gasteiger partial charge >= 0.3 is 5.63 Å². The molecule has 0 amide bonds. The standard InChI is InChI=1S/C10H7ClN2O2.C6H4/c11-9-6-3-1-2-4-8(6)15-10(14)7(9)5-13-12;1-2-5-4-6(5)3-1/h1-5H,12H2;1-4H. The topological polar surface area (TPSA) is 68.6 Å². The average molecular weight is 299 g/mol. The van der Waals surface area contributed by atoms with Gasteiger partial charge in [0, 0.05) is 5.39 Å². The molecule has 5 heteroatoms. The van der Waals surface area contributed by atoms with Gasteiger partial charge in [0.25, 0.3) is 0 Å². The molecule has 0 spiro atoms. The molecule has 1 heterocycles. The second-order valence-corrected chi connectivity index (χ2v) is 4.85. The zero-order valence-electron chi connectivity index (χ0n) is 10.9. The normalized spacial score (nSPS) is 11.3. The van der Waals surface area contributed by atoms with Crippen LogP contribution in [0.25, 0.3) is 22.1 Å². The van der Waals surface area contributed by atoms with E-state index in [-0.39, 0.29) is 5.56 Å². The van der Waals surface area contributed by atoms with Crippen LogP contribution in [0.3, 0.4) is 0 Å². The first-order valence-corrected chi connectivity index (χ1v) is 6.63. The van der Waals surface area contributed by atoms with Crippen molar-refractivity contribution in [1.82, 2.24) is 0 Å². The maximum Gasteiger partial charge on any atom is 0.346 e. The van der Waals surface area contributed by atoms with Crippen molar-refractivity contribution in [2.24, 2.45) is 10.9 Å². The Kier molecular flexibility index (Phi) is 3.46. The van der Waals surface area contributed by atoms with Crippen LogP contribution in [-0.2, 0) is 0 Å². The molecule has 0 saturated heterocycles. The first-order valence-electron chi connectivity index (χ1n) is 6.26. The number of nitrogens with two attached hydrogens (primary N) is 1. The maximum absolute atomic E-state index is 11.4. The zero-order chi connectivity index (χ0) is 14.8. The molecule has 2 aliphatic carbocycles. The highest BCUT2D eigenvalue weighted by Crippen LogP contribution is 2.32. The molecule has 2 aliphatic rings. The number of hydrogen-bond acceptors (Lipinski definition) is 4. The zero-order valence-corrected chi connectivity index (χ0v) is 11.7. The van der Waals surface area contributed by atoms with Crippen LogP contribution in [0.15, 0.2) is 62.8 Å². The third kappa shape index (κ3) is 2.66. The fourth-order valence-electron chi connectivity index (χ4n) is 1.99. The van der Waals surface area contributed by atoms with E-state index in [0.29, 0.717) is 16.0 Å². The first-order chi connectivity index (χ1) is 10.2. The minimum atomic E-state index is -0.548.